The van der Waals surface area contributed by atoms with Gasteiger partial charge in [-0.3, -0.25) is 14.6 Å². The molecule has 0 saturated carbocycles. The first-order valence-electron chi connectivity index (χ1n) is 10.5. The van der Waals surface area contributed by atoms with E-state index in [1.807, 2.05) is 19.1 Å². The number of benzene rings is 2. The van der Waals surface area contributed by atoms with Crippen molar-refractivity contribution in [3.8, 4) is 5.75 Å². The highest BCUT2D eigenvalue weighted by atomic mass is 16.5. The van der Waals surface area contributed by atoms with Gasteiger partial charge in [-0.05, 0) is 60.5 Å². The maximum atomic E-state index is 13.4. The van der Waals surface area contributed by atoms with Gasteiger partial charge in [0.05, 0.1) is 19.2 Å². The number of pyridine rings is 1. The van der Waals surface area contributed by atoms with Crippen molar-refractivity contribution in [2.45, 2.75) is 25.9 Å². The van der Waals surface area contributed by atoms with E-state index in [0.717, 1.165) is 16.0 Å². The lowest BCUT2D eigenvalue weighted by molar-refractivity contribution is -0.124. The summed E-state index contributed by atoms with van der Waals surface area (Å²) in [7, 11) is 1.56. The summed E-state index contributed by atoms with van der Waals surface area (Å²) < 4.78 is 5.13. The van der Waals surface area contributed by atoms with E-state index in [9.17, 15) is 14.4 Å². The summed E-state index contributed by atoms with van der Waals surface area (Å²) >= 11 is 0. The summed E-state index contributed by atoms with van der Waals surface area (Å²) in [5.74, 6) is -0.131. The molecule has 168 valence electrons. The average molecular weight is 444 g/mol. The van der Waals surface area contributed by atoms with Crippen LogP contribution in [0.3, 0.4) is 0 Å². The number of anilines is 2. The molecule has 1 aliphatic heterocycles. The highest BCUT2D eigenvalue weighted by molar-refractivity contribution is 6.22. The minimum absolute atomic E-state index is 0.167. The third-order valence-corrected chi connectivity index (χ3v) is 5.41. The molecule has 0 unspecified atom stereocenters. The Bertz CT molecular complexity index is 1160. The molecule has 8 heteroatoms. The van der Waals surface area contributed by atoms with E-state index < -0.39 is 18.0 Å². The van der Waals surface area contributed by atoms with E-state index in [0.29, 0.717) is 17.1 Å². The van der Waals surface area contributed by atoms with Crippen molar-refractivity contribution < 1.29 is 19.1 Å². The van der Waals surface area contributed by atoms with Crippen LogP contribution in [0.2, 0.25) is 0 Å². The molecule has 3 aromatic rings. The second-order valence-corrected chi connectivity index (χ2v) is 7.78. The van der Waals surface area contributed by atoms with Crippen LogP contribution in [-0.4, -0.2) is 40.9 Å². The molecule has 0 bridgehead atoms. The number of amides is 4. The topological polar surface area (TPSA) is 91.8 Å². The molecule has 1 fully saturated rings. The molecule has 0 aliphatic carbocycles. The molecule has 1 saturated heterocycles. The van der Waals surface area contributed by atoms with Gasteiger partial charge in [-0.25, -0.2) is 9.69 Å². The zero-order valence-corrected chi connectivity index (χ0v) is 18.4. The lowest BCUT2D eigenvalue weighted by atomic mass is 10.1. The maximum absolute atomic E-state index is 13.4. The summed E-state index contributed by atoms with van der Waals surface area (Å²) in [6.45, 7) is 2.06. The fourth-order valence-corrected chi connectivity index (χ4v) is 3.77. The molecular formula is C25H24N4O4. The van der Waals surface area contributed by atoms with E-state index in [2.05, 4.69) is 10.3 Å². The first kappa shape index (κ1) is 22.0. The number of rotatable bonds is 7. The molecule has 2 aromatic carbocycles. The van der Waals surface area contributed by atoms with Gasteiger partial charge in [0.25, 0.3) is 5.91 Å². The van der Waals surface area contributed by atoms with Crippen molar-refractivity contribution >= 4 is 29.2 Å². The van der Waals surface area contributed by atoms with Gasteiger partial charge in [0.15, 0.2) is 0 Å². The highest BCUT2D eigenvalue weighted by Gasteiger charge is 2.46. The van der Waals surface area contributed by atoms with Gasteiger partial charge in [0.1, 0.15) is 11.8 Å². The lowest BCUT2D eigenvalue weighted by Crippen LogP contribution is -2.37. The third-order valence-electron chi connectivity index (χ3n) is 5.41. The number of nitrogens with zero attached hydrogens (tertiary/aromatic N) is 3. The summed E-state index contributed by atoms with van der Waals surface area (Å²) in [5.41, 5.74) is 2.75. The van der Waals surface area contributed by atoms with Crippen LogP contribution in [0.15, 0.2) is 73.1 Å². The number of hydrogen-bond acceptors (Lipinski definition) is 5. The third kappa shape index (κ3) is 4.85. The second kappa shape index (κ2) is 9.52. The van der Waals surface area contributed by atoms with Gasteiger partial charge in [-0.1, -0.05) is 18.2 Å². The fourth-order valence-electron chi connectivity index (χ4n) is 3.77. The molecule has 1 N–H and O–H groups in total. The van der Waals surface area contributed by atoms with Crippen molar-refractivity contribution in [2.24, 2.45) is 0 Å². The van der Waals surface area contributed by atoms with E-state index in [1.54, 1.807) is 68.0 Å². The SMILES string of the molecule is COc1ccc(NC(=O)C[C@@H]2C(=O)N(c3cccc(C)c3)C(=O)N2Cc2cccnc2)cc1. The summed E-state index contributed by atoms with van der Waals surface area (Å²) in [6, 6.07) is 16.3. The zero-order chi connectivity index (χ0) is 23.4. The van der Waals surface area contributed by atoms with Crippen LogP contribution >= 0.6 is 0 Å². The number of carbonyl (C=O) groups is 3. The number of aromatic nitrogens is 1. The van der Waals surface area contributed by atoms with Crippen LogP contribution in [0.25, 0.3) is 0 Å². The number of imide groups is 1. The van der Waals surface area contributed by atoms with Crippen LogP contribution in [0.4, 0.5) is 16.2 Å². The predicted molar refractivity (Wildman–Crippen MR) is 124 cm³/mol. The van der Waals surface area contributed by atoms with E-state index in [1.165, 1.54) is 4.90 Å². The Kier molecular flexibility index (Phi) is 6.35. The average Bonchev–Trinajstić information content (AvgIpc) is 3.04. The predicted octanol–water partition coefficient (Wildman–Crippen LogP) is 3.76. The largest absolute Gasteiger partial charge is 0.497 e. The standard InChI is InChI=1S/C25H24N4O4/c1-17-5-3-7-20(13-17)29-24(31)22(28(25(29)32)16-18-6-4-12-26-15-18)14-23(30)27-19-8-10-21(33-2)11-9-19/h3-13,15,22H,14,16H2,1-2H3,(H,27,30)/t22-/m1/s1. The van der Waals surface area contributed by atoms with Gasteiger partial charge >= 0.3 is 6.03 Å². The number of nitrogens with one attached hydrogen (secondary N) is 1. The van der Waals surface area contributed by atoms with Crippen molar-refractivity contribution in [1.82, 2.24) is 9.88 Å². The highest BCUT2D eigenvalue weighted by Crippen LogP contribution is 2.29. The molecule has 2 heterocycles. The van der Waals surface area contributed by atoms with E-state index in [-0.39, 0.29) is 18.9 Å². The summed E-state index contributed by atoms with van der Waals surface area (Å²) in [4.78, 5) is 46.1. The van der Waals surface area contributed by atoms with Crippen LogP contribution in [0, 0.1) is 6.92 Å². The van der Waals surface area contributed by atoms with Crippen molar-refractivity contribution in [3.63, 3.8) is 0 Å². The lowest BCUT2D eigenvalue weighted by Gasteiger charge is -2.21. The molecule has 4 rings (SSSR count). The zero-order valence-electron chi connectivity index (χ0n) is 18.4. The Balaban J connectivity index is 1.58. The Morgan fingerprint density at radius 3 is 2.55 bits per heavy atom. The van der Waals surface area contributed by atoms with Gasteiger partial charge in [0.2, 0.25) is 5.91 Å². The maximum Gasteiger partial charge on any atom is 0.332 e. The molecule has 1 aromatic heterocycles. The van der Waals surface area contributed by atoms with Gasteiger partial charge in [0, 0.05) is 24.6 Å². The van der Waals surface area contributed by atoms with Crippen LogP contribution in [-0.2, 0) is 16.1 Å². The minimum Gasteiger partial charge on any atom is -0.497 e. The smallest absolute Gasteiger partial charge is 0.332 e. The molecular weight excluding hydrogens is 420 g/mol. The van der Waals surface area contributed by atoms with Crippen LogP contribution in [0.1, 0.15) is 17.5 Å². The molecule has 4 amide bonds. The Morgan fingerprint density at radius 2 is 1.88 bits per heavy atom. The summed E-state index contributed by atoms with van der Waals surface area (Å²) in [6.07, 6.45) is 3.11. The minimum atomic E-state index is -0.934. The summed E-state index contributed by atoms with van der Waals surface area (Å²) in [5, 5.41) is 2.79. The van der Waals surface area contributed by atoms with E-state index >= 15 is 0 Å². The number of aryl methyl sites for hydroxylation is 1. The molecule has 0 spiro atoms. The number of ether oxygens (including phenoxy) is 1. The molecule has 33 heavy (non-hydrogen) atoms. The van der Waals surface area contributed by atoms with Crippen molar-refractivity contribution in [3.05, 3.63) is 84.2 Å². The molecule has 0 radical (unpaired) electrons. The Hall–Kier alpha value is -4.20. The van der Waals surface area contributed by atoms with Gasteiger partial charge in [-0.15, -0.1) is 0 Å². The van der Waals surface area contributed by atoms with Crippen LogP contribution in [0.5, 0.6) is 5.75 Å². The Morgan fingerprint density at radius 1 is 1.09 bits per heavy atom. The number of urea groups is 1. The van der Waals surface area contributed by atoms with Crippen molar-refractivity contribution in [1.29, 1.82) is 0 Å². The van der Waals surface area contributed by atoms with Gasteiger partial charge in [-0.2, -0.15) is 0 Å². The molecule has 1 atom stereocenters. The number of methoxy groups -OCH3 is 1. The fraction of sp³-hybridized carbons (Fsp3) is 0.200. The quantitative estimate of drug-likeness (QED) is 0.560. The normalized spacial score (nSPS) is 15.6. The van der Waals surface area contributed by atoms with Crippen LogP contribution < -0.4 is 15.0 Å². The van der Waals surface area contributed by atoms with E-state index in [4.69, 9.17) is 4.74 Å². The van der Waals surface area contributed by atoms with Crippen molar-refractivity contribution in [2.75, 3.05) is 17.3 Å². The number of carbonyl (C=O) groups excluding carboxylic acids is 3. The monoisotopic (exact) mass is 444 g/mol. The first-order chi connectivity index (χ1) is 16.0. The second-order valence-electron chi connectivity index (χ2n) is 7.78. The molecule has 8 nitrogen and oxygen atoms in total. The Labute approximate surface area is 191 Å². The van der Waals surface area contributed by atoms with Gasteiger partial charge < -0.3 is 15.0 Å². The number of hydrogen-bond donors (Lipinski definition) is 1. The first-order valence-corrected chi connectivity index (χ1v) is 10.5. The molecule has 1 aliphatic rings.